The van der Waals surface area contributed by atoms with E-state index in [4.69, 9.17) is 14.6 Å². The quantitative estimate of drug-likeness (QED) is 0.776. The number of carboxylic acids is 1. The van der Waals surface area contributed by atoms with Crippen LogP contribution in [0.1, 0.15) is 12.5 Å². The van der Waals surface area contributed by atoms with Gasteiger partial charge in [0.15, 0.2) is 0 Å². The van der Waals surface area contributed by atoms with Crippen molar-refractivity contribution in [1.82, 2.24) is 0 Å². The number of benzene rings is 1. The maximum atomic E-state index is 10.4. The molecule has 0 saturated heterocycles. The van der Waals surface area contributed by atoms with Gasteiger partial charge in [-0.25, -0.2) is 4.79 Å². The van der Waals surface area contributed by atoms with Gasteiger partial charge in [-0.1, -0.05) is 0 Å². The zero-order chi connectivity index (χ0) is 12.0. The summed E-state index contributed by atoms with van der Waals surface area (Å²) in [5.41, 5.74) is 0.702. The molecule has 0 atom stereocenters. The molecule has 1 rings (SSSR count). The minimum atomic E-state index is -0.990. The van der Waals surface area contributed by atoms with Crippen LogP contribution in [0.25, 0.3) is 6.08 Å². The Hall–Kier alpha value is -1.97. The smallest absolute Gasteiger partial charge is 0.328 e. The molecule has 0 spiro atoms. The molecule has 0 bridgehead atoms. The summed E-state index contributed by atoms with van der Waals surface area (Å²) in [6.45, 7) is 2.47. The monoisotopic (exact) mass is 222 g/mol. The number of hydrogen-bond donors (Lipinski definition) is 1. The van der Waals surface area contributed by atoms with Crippen molar-refractivity contribution in [3.8, 4) is 11.5 Å². The van der Waals surface area contributed by atoms with E-state index in [2.05, 4.69) is 0 Å². The highest BCUT2D eigenvalue weighted by molar-refractivity contribution is 5.86. The van der Waals surface area contributed by atoms with Crippen molar-refractivity contribution in [3.05, 3.63) is 29.8 Å². The Kier molecular flexibility index (Phi) is 4.39. The van der Waals surface area contributed by atoms with Crippen LogP contribution in [-0.4, -0.2) is 24.8 Å². The maximum absolute atomic E-state index is 10.4. The summed E-state index contributed by atoms with van der Waals surface area (Å²) < 4.78 is 10.4. The van der Waals surface area contributed by atoms with E-state index in [9.17, 15) is 4.79 Å². The SMILES string of the molecule is CCOc1ccc(/C=C/C(=O)O)c(OC)c1. The molecule has 4 nitrogen and oxygen atoms in total. The van der Waals surface area contributed by atoms with Gasteiger partial charge < -0.3 is 14.6 Å². The van der Waals surface area contributed by atoms with Gasteiger partial charge in [0.05, 0.1) is 13.7 Å². The van der Waals surface area contributed by atoms with E-state index in [-0.39, 0.29) is 0 Å². The average molecular weight is 222 g/mol. The normalized spacial score (nSPS) is 10.4. The van der Waals surface area contributed by atoms with Crippen LogP contribution in [0.3, 0.4) is 0 Å². The minimum Gasteiger partial charge on any atom is -0.496 e. The fraction of sp³-hybridized carbons (Fsp3) is 0.250. The number of ether oxygens (including phenoxy) is 2. The fourth-order valence-corrected chi connectivity index (χ4v) is 1.25. The zero-order valence-electron chi connectivity index (χ0n) is 9.27. The van der Waals surface area contributed by atoms with Crippen molar-refractivity contribution in [1.29, 1.82) is 0 Å². The van der Waals surface area contributed by atoms with Crippen molar-refractivity contribution in [2.75, 3.05) is 13.7 Å². The Bertz CT molecular complexity index is 396. The molecule has 1 aromatic carbocycles. The van der Waals surface area contributed by atoms with Crippen LogP contribution in [0.5, 0.6) is 11.5 Å². The molecule has 0 aliphatic carbocycles. The minimum absolute atomic E-state index is 0.577. The van der Waals surface area contributed by atoms with Gasteiger partial charge >= 0.3 is 5.97 Å². The van der Waals surface area contributed by atoms with E-state index in [1.165, 1.54) is 13.2 Å². The van der Waals surface area contributed by atoms with Gasteiger partial charge in [-0.15, -0.1) is 0 Å². The third kappa shape index (κ3) is 3.31. The van der Waals surface area contributed by atoms with Gasteiger partial charge in [0, 0.05) is 17.7 Å². The summed E-state index contributed by atoms with van der Waals surface area (Å²) in [6, 6.07) is 5.25. The van der Waals surface area contributed by atoms with E-state index in [1.54, 1.807) is 18.2 Å². The molecule has 1 N–H and O–H groups in total. The van der Waals surface area contributed by atoms with Crippen molar-refractivity contribution in [2.24, 2.45) is 0 Å². The number of aliphatic carboxylic acids is 1. The van der Waals surface area contributed by atoms with Crippen molar-refractivity contribution in [2.45, 2.75) is 6.92 Å². The Morgan fingerprint density at radius 1 is 1.50 bits per heavy atom. The summed E-state index contributed by atoms with van der Waals surface area (Å²) in [6.07, 6.45) is 2.55. The Labute approximate surface area is 94.1 Å². The lowest BCUT2D eigenvalue weighted by molar-refractivity contribution is -0.131. The van der Waals surface area contributed by atoms with E-state index < -0.39 is 5.97 Å². The lowest BCUT2D eigenvalue weighted by Gasteiger charge is -2.08. The number of carbonyl (C=O) groups is 1. The number of hydrogen-bond acceptors (Lipinski definition) is 3. The van der Waals surface area contributed by atoms with E-state index >= 15 is 0 Å². The van der Waals surface area contributed by atoms with E-state index in [1.807, 2.05) is 6.92 Å². The van der Waals surface area contributed by atoms with Crippen LogP contribution in [0.2, 0.25) is 0 Å². The topological polar surface area (TPSA) is 55.8 Å². The third-order valence-corrected chi connectivity index (χ3v) is 1.92. The molecule has 0 amide bonds. The van der Waals surface area contributed by atoms with Crippen LogP contribution < -0.4 is 9.47 Å². The summed E-state index contributed by atoms with van der Waals surface area (Å²) in [5, 5.41) is 8.52. The molecule has 0 fully saturated rings. The number of rotatable bonds is 5. The van der Waals surface area contributed by atoms with Crippen molar-refractivity contribution >= 4 is 12.0 Å². The van der Waals surface area contributed by atoms with Crippen LogP contribution in [0, 0.1) is 0 Å². The zero-order valence-corrected chi connectivity index (χ0v) is 9.27. The molecule has 0 aromatic heterocycles. The second-order valence-electron chi connectivity index (χ2n) is 3.01. The van der Waals surface area contributed by atoms with Crippen LogP contribution in [-0.2, 0) is 4.79 Å². The molecule has 0 aliphatic heterocycles. The predicted molar refractivity (Wildman–Crippen MR) is 60.8 cm³/mol. The van der Waals surface area contributed by atoms with Gasteiger partial charge in [-0.3, -0.25) is 0 Å². The summed E-state index contributed by atoms with van der Waals surface area (Å²) in [5.74, 6) is 0.297. The Balaban J connectivity index is 2.97. The fourth-order valence-electron chi connectivity index (χ4n) is 1.25. The number of methoxy groups -OCH3 is 1. The van der Waals surface area contributed by atoms with Crippen LogP contribution in [0.15, 0.2) is 24.3 Å². The Morgan fingerprint density at radius 2 is 2.25 bits per heavy atom. The number of carboxylic acid groups (broad SMARTS) is 1. The highest BCUT2D eigenvalue weighted by Crippen LogP contribution is 2.25. The van der Waals surface area contributed by atoms with E-state index in [0.29, 0.717) is 23.7 Å². The standard InChI is InChI=1S/C12H14O4/c1-3-16-10-6-4-9(5-7-12(13)14)11(8-10)15-2/h4-8H,3H2,1-2H3,(H,13,14)/b7-5+. The van der Waals surface area contributed by atoms with Crippen molar-refractivity contribution < 1.29 is 19.4 Å². The molecule has 0 saturated carbocycles. The largest absolute Gasteiger partial charge is 0.496 e. The van der Waals surface area contributed by atoms with E-state index in [0.717, 1.165) is 6.08 Å². The highest BCUT2D eigenvalue weighted by atomic mass is 16.5. The van der Waals surface area contributed by atoms with Crippen LogP contribution in [0.4, 0.5) is 0 Å². The molecule has 86 valence electrons. The molecule has 0 unspecified atom stereocenters. The van der Waals surface area contributed by atoms with Gasteiger partial charge in [0.1, 0.15) is 11.5 Å². The second-order valence-corrected chi connectivity index (χ2v) is 3.01. The molecule has 1 aromatic rings. The van der Waals surface area contributed by atoms with Gasteiger partial charge in [-0.05, 0) is 25.1 Å². The summed E-state index contributed by atoms with van der Waals surface area (Å²) in [4.78, 5) is 10.4. The summed E-state index contributed by atoms with van der Waals surface area (Å²) in [7, 11) is 1.53. The molecule has 0 heterocycles. The molecule has 0 aliphatic rings. The first kappa shape index (κ1) is 12.1. The maximum Gasteiger partial charge on any atom is 0.328 e. The second kappa shape index (κ2) is 5.80. The van der Waals surface area contributed by atoms with Crippen LogP contribution >= 0.6 is 0 Å². The third-order valence-electron chi connectivity index (χ3n) is 1.92. The lowest BCUT2D eigenvalue weighted by Crippen LogP contribution is -1.94. The molecule has 4 heteroatoms. The molecular formula is C12H14O4. The predicted octanol–water partition coefficient (Wildman–Crippen LogP) is 2.19. The molecule has 16 heavy (non-hydrogen) atoms. The first-order valence-electron chi connectivity index (χ1n) is 4.89. The summed E-state index contributed by atoms with van der Waals surface area (Å²) >= 11 is 0. The average Bonchev–Trinajstić information content (AvgIpc) is 2.27. The first-order valence-corrected chi connectivity index (χ1v) is 4.89. The first-order chi connectivity index (χ1) is 7.67. The molecular weight excluding hydrogens is 208 g/mol. The highest BCUT2D eigenvalue weighted by Gasteiger charge is 2.02. The molecule has 0 radical (unpaired) electrons. The Morgan fingerprint density at radius 3 is 2.81 bits per heavy atom. The van der Waals surface area contributed by atoms with Gasteiger partial charge in [0.25, 0.3) is 0 Å². The van der Waals surface area contributed by atoms with Gasteiger partial charge in [-0.2, -0.15) is 0 Å². The van der Waals surface area contributed by atoms with Crippen molar-refractivity contribution in [3.63, 3.8) is 0 Å². The van der Waals surface area contributed by atoms with Gasteiger partial charge in [0.2, 0.25) is 0 Å². The lowest BCUT2D eigenvalue weighted by atomic mass is 10.2.